The zero-order chi connectivity index (χ0) is 19.6. The van der Waals surface area contributed by atoms with Crippen LogP contribution in [-0.4, -0.2) is 84.3 Å². The summed E-state index contributed by atoms with van der Waals surface area (Å²) in [6, 6.07) is 5.03. The molecule has 8 nitrogen and oxygen atoms in total. The predicted octanol–water partition coefficient (Wildman–Crippen LogP) is 0.0401. The van der Waals surface area contributed by atoms with Crippen molar-refractivity contribution < 1.29 is 29.3 Å². The lowest BCUT2D eigenvalue weighted by Crippen LogP contribution is -2.51. The van der Waals surface area contributed by atoms with E-state index in [1.165, 1.54) is 20.3 Å². The number of methoxy groups -OCH3 is 2. The number of piperazine rings is 1. The number of amides is 1. The first-order valence-electron chi connectivity index (χ1n) is 8.81. The molecule has 0 saturated carbocycles. The van der Waals surface area contributed by atoms with Crippen LogP contribution in [0.2, 0.25) is 0 Å². The summed E-state index contributed by atoms with van der Waals surface area (Å²) in [4.78, 5) is 28.1. The number of carbonyl (C=O) groups is 2. The van der Waals surface area contributed by atoms with Gasteiger partial charge in [0, 0.05) is 43.9 Å². The van der Waals surface area contributed by atoms with Crippen molar-refractivity contribution in [1.29, 1.82) is 0 Å². The van der Waals surface area contributed by atoms with Crippen molar-refractivity contribution in [3.63, 3.8) is 0 Å². The molecule has 2 aliphatic rings. The molecule has 0 spiro atoms. The molecule has 146 valence electrons. The maximum atomic E-state index is 12.8. The number of rotatable bonds is 4. The fraction of sp³-hybridized carbons (Fsp3) is 0.474. The highest BCUT2D eigenvalue weighted by Gasteiger charge is 2.33. The van der Waals surface area contributed by atoms with Crippen molar-refractivity contribution in [2.24, 2.45) is 0 Å². The average molecular weight is 376 g/mol. The van der Waals surface area contributed by atoms with E-state index < -0.39 is 12.2 Å². The quantitative estimate of drug-likeness (QED) is 0.765. The fourth-order valence-electron chi connectivity index (χ4n) is 3.43. The highest BCUT2D eigenvalue weighted by atomic mass is 16.5. The summed E-state index contributed by atoms with van der Waals surface area (Å²) in [7, 11) is 3.05. The molecule has 1 amide bonds. The van der Waals surface area contributed by atoms with Crippen LogP contribution in [0.4, 0.5) is 0 Å². The van der Waals surface area contributed by atoms with E-state index in [1.807, 2.05) is 4.90 Å². The molecule has 1 aliphatic heterocycles. The van der Waals surface area contributed by atoms with Gasteiger partial charge in [0.15, 0.2) is 23.4 Å². The van der Waals surface area contributed by atoms with E-state index in [9.17, 15) is 19.8 Å². The third-order valence-corrected chi connectivity index (χ3v) is 4.92. The second kappa shape index (κ2) is 7.98. The van der Waals surface area contributed by atoms with Crippen LogP contribution >= 0.6 is 0 Å². The third kappa shape index (κ3) is 3.91. The number of hydrogen-bond donors (Lipinski definition) is 2. The summed E-state index contributed by atoms with van der Waals surface area (Å²) in [5, 5.41) is 19.8. The van der Waals surface area contributed by atoms with Crippen molar-refractivity contribution in [3.8, 4) is 11.5 Å². The van der Waals surface area contributed by atoms with Crippen LogP contribution in [0.3, 0.4) is 0 Å². The van der Waals surface area contributed by atoms with Crippen LogP contribution in [0, 0.1) is 0 Å². The number of ether oxygens (including phenoxy) is 2. The lowest BCUT2D eigenvalue weighted by atomic mass is 9.96. The smallest absolute Gasteiger partial charge is 0.254 e. The highest BCUT2D eigenvalue weighted by Crippen LogP contribution is 2.28. The molecule has 8 heteroatoms. The molecule has 2 unspecified atom stereocenters. The molecule has 27 heavy (non-hydrogen) atoms. The Labute approximate surface area is 157 Å². The van der Waals surface area contributed by atoms with Crippen LogP contribution in [0.1, 0.15) is 16.8 Å². The molecule has 1 aromatic carbocycles. The van der Waals surface area contributed by atoms with Gasteiger partial charge in [-0.05, 0) is 24.3 Å². The van der Waals surface area contributed by atoms with Crippen LogP contribution in [0.5, 0.6) is 11.5 Å². The summed E-state index contributed by atoms with van der Waals surface area (Å²) in [5.74, 6) is 0.541. The fourth-order valence-corrected chi connectivity index (χ4v) is 3.43. The number of ketones is 1. The van der Waals surface area contributed by atoms with E-state index in [2.05, 4.69) is 0 Å². The van der Waals surface area contributed by atoms with E-state index in [-0.39, 0.29) is 18.1 Å². The SMILES string of the molecule is COc1ccc(C(=O)N2CCN(C3=CC(O)CC(=O)C3O)CC2)cc1OC. The van der Waals surface area contributed by atoms with Gasteiger partial charge in [0.2, 0.25) is 0 Å². The number of nitrogens with zero attached hydrogens (tertiary/aromatic N) is 2. The topological polar surface area (TPSA) is 99.5 Å². The number of hydrogen-bond acceptors (Lipinski definition) is 7. The minimum Gasteiger partial charge on any atom is -0.493 e. The maximum Gasteiger partial charge on any atom is 0.254 e. The maximum absolute atomic E-state index is 12.8. The van der Waals surface area contributed by atoms with Gasteiger partial charge in [-0.1, -0.05) is 0 Å². The number of aliphatic hydroxyl groups is 2. The number of Topliss-reactive ketones (excluding diaryl/α,β-unsaturated/α-hetero) is 1. The third-order valence-electron chi connectivity index (χ3n) is 4.92. The zero-order valence-electron chi connectivity index (χ0n) is 15.4. The Bertz CT molecular complexity index is 755. The Morgan fingerprint density at radius 1 is 1.07 bits per heavy atom. The molecule has 1 aliphatic carbocycles. The van der Waals surface area contributed by atoms with Crippen molar-refractivity contribution >= 4 is 11.7 Å². The molecule has 1 heterocycles. The number of benzene rings is 1. The van der Waals surface area contributed by atoms with Crippen LogP contribution in [-0.2, 0) is 4.79 Å². The van der Waals surface area contributed by atoms with Crippen molar-refractivity contribution in [1.82, 2.24) is 9.80 Å². The van der Waals surface area contributed by atoms with Crippen LogP contribution in [0.15, 0.2) is 30.0 Å². The first kappa shape index (κ1) is 19.2. The Hall–Kier alpha value is -2.58. The van der Waals surface area contributed by atoms with Gasteiger partial charge in [0.25, 0.3) is 5.91 Å². The second-order valence-corrected chi connectivity index (χ2v) is 6.58. The summed E-state index contributed by atoms with van der Waals surface area (Å²) >= 11 is 0. The van der Waals surface area contributed by atoms with E-state index >= 15 is 0 Å². The normalized spacial score (nSPS) is 23.1. The highest BCUT2D eigenvalue weighted by molar-refractivity contribution is 5.95. The summed E-state index contributed by atoms with van der Waals surface area (Å²) in [6.45, 7) is 1.84. The Balaban J connectivity index is 1.67. The van der Waals surface area contributed by atoms with Gasteiger partial charge in [-0.3, -0.25) is 9.59 Å². The van der Waals surface area contributed by atoms with E-state index in [1.54, 1.807) is 23.1 Å². The first-order chi connectivity index (χ1) is 12.9. The molecule has 0 radical (unpaired) electrons. The van der Waals surface area contributed by atoms with Crippen molar-refractivity contribution in [2.75, 3.05) is 40.4 Å². The predicted molar refractivity (Wildman–Crippen MR) is 96.7 cm³/mol. The number of carbonyl (C=O) groups excluding carboxylic acids is 2. The van der Waals surface area contributed by atoms with Crippen LogP contribution in [0.25, 0.3) is 0 Å². The average Bonchev–Trinajstić information content (AvgIpc) is 2.69. The summed E-state index contributed by atoms with van der Waals surface area (Å²) in [5.41, 5.74) is 0.931. The van der Waals surface area contributed by atoms with Gasteiger partial charge in [-0.15, -0.1) is 0 Å². The lowest BCUT2D eigenvalue weighted by molar-refractivity contribution is -0.128. The van der Waals surface area contributed by atoms with Gasteiger partial charge in [-0.2, -0.15) is 0 Å². The molecule has 2 atom stereocenters. The molecule has 0 bridgehead atoms. The van der Waals surface area contributed by atoms with Gasteiger partial charge >= 0.3 is 0 Å². The van der Waals surface area contributed by atoms with E-state index in [0.29, 0.717) is 48.9 Å². The summed E-state index contributed by atoms with van der Waals surface area (Å²) < 4.78 is 10.4. The number of aliphatic hydroxyl groups excluding tert-OH is 2. The molecule has 3 rings (SSSR count). The minimum absolute atomic E-state index is 0.0670. The molecular weight excluding hydrogens is 352 g/mol. The van der Waals surface area contributed by atoms with Crippen LogP contribution < -0.4 is 9.47 Å². The molecule has 1 aromatic rings. The lowest BCUT2D eigenvalue weighted by Gasteiger charge is -2.39. The Kier molecular flexibility index (Phi) is 5.67. The molecule has 0 aromatic heterocycles. The monoisotopic (exact) mass is 376 g/mol. The van der Waals surface area contributed by atoms with Crippen molar-refractivity contribution in [3.05, 3.63) is 35.5 Å². The largest absolute Gasteiger partial charge is 0.493 e. The van der Waals surface area contributed by atoms with Gasteiger partial charge in [0.1, 0.15) is 0 Å². The standard InChI is InChI=1S/C19H24N2O6/c1-26-16-4-3-12(9-17(16)27-2)19(25)21-7-5-20(6-8-21)14-10-13(22)11-15(23)18(14)24/h3-4,9-10,13,18,22,24H,5-8,11H2,1-2H3. The Morgan fingerprint density at radius 3 is 2.37 bits per heavy atom. The molecular formula is C19H24N2O6. The minimum atomic E-state index is -1.21. The molecule has 2 N–H and O–H groups in total. The Morgan fingerprint density at radius 2 is 1.74 bits per heavy atom. The first-order valence-corrected chi connectivity index (χ1v) is 8.81. The summed E-state index contributed by atoms with van der Waals surface area (Å²) in [6.07, 6.45) is -0.621. The van der Waals surface area contributed by atoms with Gasteiger partial charge in [-0.25, -0.2) is 0 Å². The molecule has 1 saturated heterocycles. The van der Waals surface area contributed by atoms with Gasteiger partial charge in [0.05, 0.1) is 20.3 Å². The van der Waals surface area contributed by atoms with Crippen molar-refractivity contribution in [2.45, 2.75) is 18.6 Å². The zero-order valence-corrected chi connectivity index (χ0v) is 15.4. The van der Waals surface area contributed by atoms with Gasteiger partial charge < -0.3 is 29.5 Å². The molecule has 1 fully saturated rings. The second-order valence-electron chi connectivity index (χ2n) is 6.58. The van der Waals surface area contributed by atoms with E-state index in [4.69, 9.17) is 9.47 Å². The van der Waals surface area contributed by atoms with E-state index in [0.717, 1.165) is 0 Å².